The van der Waals surface area contributed by atoms with E-state index in [9.17, 15) is 0 Å². The topological polar surface area (TPSA) is 6.48 Å². The summed E-state index contributed by atoms with van der Waals surface area (Å²) in [6, 6.07) is 0.744. The molecule has 0 aromatic carbocycles. The number of nitrogens with zero attached hydrogens (tertiary/aromatic N) is 2. The van der Waals surface area contributed by atoms with E-state index in [-0.39, 0.29) is 0 Å². The van der Waals surface area contributed by atoms with Crippen LogP contribution in [0.5, 0.6) is 0 Å². The van der Waals surface area contributed by atoms with Crippen LogP contribution in [-0.2, 0) is 0 Å². The van der Waals surface area contributed by atoms with Crippen molar-refractivity contribution in [3.05, 3.63) is 0 Å². The van der Waals surface area contributed by atoms with Gasteiger partial charge in [0, 0.05) is 32.2 Å². The Morgan fingerprint density at radius 1 is 1.00 bits per heavy atom. The third-order valence-corrected chi connectivity index (χ3v) is 3.52. The molecule has 2 heteroatoms. The summed E-state index contributed by atoms with van der Waals surface area (Å²) in [5.41, 5.74) is 0. The van der Waals surface area contributed by atoms with E-state index in [4.69, 9.17) is 0 Å². The van der Waals surface area contributed by atoms with E-state index in [0.717, 1.165) is 17.9 Å². The smallest absolute Gasteiger partial charge is 0.00388 e. The van der Waals surface area contributed by atoms with Crippen molar-refractivity contribution in [2.24, 2.45) is 11.8 Å². The molecule has 0 aliphatic carbocycles. The maximum Gasteiger partial charge on any atom is 0.00388 e. The van der Waals surface area contributed by atoms with Gasteiger partial charge < -0.3 is 9.80 Å². The van der Waals surface area contributed by atoms with Crippen LogP contribution in [0.2, 0.25) is 0 Å². The van der Waals surface area contributed by atoms with E-state index >= 15 is 0 Å². The first-order chi connectivity index (χ1) is 6.15. The Morgan fingerprint density at radius 3 is 2.00 bits per heavy atom. The predicted molar refractivity (Wildman–Crippen MR) is 55.8 cm³/mol. The van der Waals surface area contributed by atoms with Crippen LogP contribution in [-0.4, -0.2) is 49.1 Å². The molecule has 2 nitrogen and oxygen atoms in total. The quantitative estimate of drug-likeness (QED) is 0.603. The maximum atomic E-state index is 2.66. The minimum atomic E-state index is 0.744. The summed E-state index contributed by atoms with van der Waals surface area (Å²) >= 11 is 0. The zero-order valence-electron chi connectivity index (χ0n) is 9.16. The lowest BCUT2D eigenvalue weighted by atomic mass is 9.84. The summed E-state index contributed by atoms with van der Waals surface area (Å²) in [6.07, 6.45) is 1.48. The average Bonchev–Trinajstić information content (AvgIpc) is 2.01. The molecule has 0 amide bonds. The Labute approximate surface area is 81.9 Å². The molecular weight excluding hydrogens is 160 g/mol. The summed E-state index contributed by atoms with van der Waals surface area (Å²) in [6.45, 7) is 9.95. The van der Waals surface area contributed by atoms with Gasteiger partial charge in [0.2, 0.25) is 0 Å². The fourth-order valence-corrected chi connectivity index (χ4v) is 3.00. The van der Waals surface area contributed by atoms with Gasteiger partial charge in [-0.2, -0.15) is 0 Å². The first-order valence-electron chi connectivity index (χ1n) is 5.57. The van der Waals surface area contributed by atoms with Gasteiger partial charge in [0.25, 0.3) is 0 Å². The van der Waals surface area contributed by atoms with Crippen molar-refractivity contribution in [3.63, 3.8) is 0 Å². The standard InChI is InChI=1S/C11H22N2/c1-9(2)13-7-10-4-11(8-13)6-12(3)5-10/h9-11H,4-8H2,1-3H3. The van der Waals surface area contributed by atoms with Crippen molar-refractivity contribution in [3.8, 4) is 0 Å². The van der Waals surface area contributed by atoms with Gasteiger partial charge in [-0.1, -0.05) is 0 Å². The van der Waals surface area contributed by atoms with Crippen LogP contribution < -0.4 is 0 Å². The molecule has 2 unspecified atom stereocenters. The van der Waals surface area contributed by atoms with Crippen LogP contribution in [0.4, 0.5) is 0 Å². The predicted octanol–water partition coefficient (Wildman–Crippen LogP) is 1.28. The second-order valence-corrected chi connectivity index (χ2v) is 5.24. The van der Waals surface area contributed by atoms with Crippen molar-refractivity contribution in [1.29, 1.82) is 0 Å². The first kappa shape index (κ1) is 9.47. The Morgan fingerprint density at radius 2 is 1.54 bits per heavy atom. The third-order valence-electron chi connectivity index (χ3n) is 3.52. The third kappa shape index (κ3) is 2.05. The van der Waals surface area contributed by atoms with Crippen molar-refractivity contribution < 1.29 is 0 Å². The molecule has 2 saturated heterocycles. The Kier molecular flexibility index (Phi) is 2.61. The van der Waals surface area contributed by atoms with Gasteiger partial charge in [-0.25, -0.2) is 0 Å². The molecule has 0 aromatic heterocycles. The summed E-state index contributed by atoms with van der Waals surface area (Å²) in [5.74, 6) is 1.89. The Hall–Kier alpha value is -0.0800. The molecule has 2 bridgehead atoms. The van der Waals surface area contributed by atoms with Gasteiger partial charge in [-0.3, -0.25) is 0 Å². The molecule has 2 rings (SSSR count). The lowest BCUT2D eigenvalue weighted by Crippen LogP contribution is -2.53. The summed E-state index contributed by atoms with van der Waals surface area (Å²) in [5, 5.41) is 0. The van der Waals surface area contributed by atoms with Gasteiger partial charge in [0.15, 0.2) is 0 Å². The largest absolute Gasteiger partial charge is 0.306 e. The van der Waals surface area contributed by atoms with Crippen LogP contribution in [0.15, 0.2) is 0 Å². The molecule has 0 radical (unpaired) electrons. The molecule has 0 saturated carbocycles. The van der Waals surface area contributed by atoms with Crippen LogP contribution in [0.1, 0.15) is 20.3 Å². The van der Waals surface area contributed by atoms with Crippen LogP contribution in [0.25, 0.3) is 0 Å². The lowest BCUT2D eigenvalue weighted by Gasteiger charge is -2.46. The van der Waals surface area contributed by atoms with Gasteiger partial charge >= 0.3 is 0 Å². The van der Waals surface area contributed by atoms with Crippen LogP contribution in [0, 0.1) is 11.8 Å². The highest BCUT2D eigenvalue weighted by atomic mass is 15.2. The van der Waals surface area contributed by atoms with Gasteiger partial charge in [-0.15, -0.1) is 0 Å². The first-order valence-corrected chi connectivity index (χ1v) is 5.57. The lowest BCUT2D eigenvalue weighted by molar-refractivity contribution is 0.0278. The van der Waals surface area contributed by atoms with Gasteiger partial charge in [-0.05, 0) is 39.2 Å². The highest BCUT2D eigenvalue weighted by Gasteiger charge is 2.33. The second kappa shape index (κ2) is 3.58. The number of fused-ring (bicyclic) bond motifs is 2. The molecule has 13 heavy (non-hydrogen) atoms. The molecule has 2 heterocycles. The zero-order chi connectivity index (χ0) is 9.42. The van der Waals surface area contributed by atoms with Crippen molar-refractivity contribution in [1.82, 2.24) is 9.80 Å². The van der Waals surface area contributed by atoms with Crippen molar-refractivity contribution in [2.75, 3.05) is 33.2 Å². The van der Waals surface area contributed by atoms with Gasteiger partial charge in [0.1, 0.15) is 0 Å². The van der Waals surface area contributed by atoms with Crippen LogP contribution >= 0.6 is 0 Å². The molecule has 0 N–H and O–H groups in total. The summed E-state index contributed by atoms with van der Waals surface area (Å²) in [7, 11) is 2.27. The van der Waals surface area contributed by atoms with E-state index in [0.29, 0.717) is 0 Å². The molecule has 2 aliphatic rings. The molecular formula is C11H22N2. The minimum Gasteiger partial charge on any atom is -0.306 e. The van der Waals surface area contributed by atoms with Crippen molar-refractivity contribution >= 4 is 0 Å². The van der Waals surface area contributed by atoms with E-state index in [1.54, 1.807) is 0 Å². The Balaban J connectivity index is 1.97. The number of hydrogen-bond donors (Lipinski definition) is 0. The second-order valence-electron chi connectivity index (χ2n) is 5.24. The zero-order valence-corrected chi connectivity index (χ0v) is 9.16. The van der Waals surface area contributed by atoms with E-state index < -0.39 is 0 Å². The van der Waals surface area contributed by atoms with E-state index in [2.05, 4.69) is 30.7 Å². The fraction of sp³-hybridized carbons (Fsp3) is 1.00. The number of likely N-dealkylation sites (tertiary alicyclic amines) is 2. The van der Waals surface area contributed by atoms with E-state index in [1.807, 2.05) is 0 Å². The Bertz CT molecular complexity index is 161. The van der Waals surface area contributed by atoms with Crippen LogP contribution in [0.3, 0.4) is 0 Å². The molecule has 0 aromatic rings. The molecule has 2 atom stereocenters. The molecule has 76 valence electrons. The molecule has 0 spiro atoms. The number of piperidine rings is 2. The normalized spacial score (nSPS) is 36.9. The highest BCUT2D eigenvalue weighted by Crippen LogP contribution is 2.28. The number of hydrogen-bond acceptors (Lipinski definition) is 2. The average molecular weight is 182 g/mol. The van der Waals surface area contributed by atoms with E-state index in [1.165, 1.54) is 32.6 Å². The van der Waals surface area contributed by atoms with Crippen molar-refractivity contribution in [2.45, 2.75) is 26.3 Å². The molecule has 2 fully saturated rings. The van der Waals surface area contributed by atoms with Gasteiger partial charge in [0.05, 0.1) is 0 Å². The minimum absolute atomic E-state index is 0.744. The SMILES string of the molecule is CC(C)N1CC2CC(CN(C)C2)C1. The summed E-state index contributed by atoms with van der Waals surface area (Å²) in [4.78, 5) is 5.17. The number of rotatable bonds is 1. The highest BCUT2D eigenvalue weighted by molar-refractivity contribution is 4.87. The molecule has 2 aliphatic heterocycles. The fourth-order valence-electron chi connectivity index (χ4n) is 3.00. The maximum absolute atomic E-state index is 2.66. The summed E-state index contributed by atoms with van der Waals surface area (Å²) < 4.78 is 0. The monoisotopic (exact) mass is 182 g/mol.